The maximum absolute atomic E-state index is 13.1. The third-order valence-electron chi connectivity index (χ3n) is 6.33. The Labute approximate surface area is 190 Å². The number of carbonyl (C=O) groups excluding carboxylic acids is 1. The van der Waals surface area contributed by atoms with Crippen LogP contribution in [0.3, 0.4) is 0 Å². The fourth-order valence-corrected chi connectivity index (χ4v) is 6.26. The van der Waals surface area contributed by atoms with Crippen molar-refractivity contribution in [2.75, 3.05) is 39.8 Å². The average molecular weight is 458 g/mol. The van der Waals surface area contributed by atoms with E-state index >= 15 is 0 Å². The summed E-state index contributed by atoms with van der Waals surface area (Å²) >= 11 is 0. The van der Waals surface area contributed by atoms with E-state index in [9.17, 15) is 13.2 Å². The van der Waals surface area contributed by atoms with Crippen molar-refractivity contribution in [2.45, 2.75) is 36.6 Å². The molecule has 2 aromatic rings. The Kier molecular flexibility index (Phi) is 7.13. The lowest BCUT2D eigenvalue weighted by Crippen LogP contribution is -2.37. The van der Waals surface area contributed by atoms with Gasteiger partial charge in [0.1, 0.15) is 10.6 Å². The molecule has 1 atom stereocenters. The summed E-state index contributed by atoms with van der Waals surface area (Å²) in [7, 11) is -2.26. The maximum atomic E-state index is 13.1. The van der Waals surface area contributed by atoms with Crippen molar-refractivity contribution in [1.82, 2.24) is 14.5 Å². The fraction of sp³-hybridized carbons (Fsp3) is 0.458. The molecule has 1 unspecified atom stereocenters. The van der Waals surface area contributed by atoms with Crippen molar-refractivity contribution in [3.8, 4) is 5.75 Å². The standard InChI is InChI=1S/C24H31N3O4S/c1-31-22-12-11-20(17-23(22)32(29,30)27-15-7-8-16-27)24(28)25-18-21(26-13-5-6-14-26)19-9-3-2-4-10-19/h2-4,9-12,17,21H,5-8,13-16,18H2,1H3,(H,25,28). The van der Waals surface area contributed by atoms with Crippen LogP contribution in [0, 0.1) is 0 Å². The van der Waals surface area contributed by atoms with Crippen LogP contribution in [0.25, 0.3) is 0 Å². The van der Waals surface area contributed by atoms with Crippen LogP contribution < -0.4 is 10.1 Å². The van der Waals surface area contributed by atoms with Gasteiger partial charge in [-0.1, -0.05) is 30.3 Å². The van der Waals surface area contributed by atoms with Crippen LogP contribution in [0.2, 0.25) is 0 Å². The summed E-state index contributed by atoms with van der Waals surface area (Å²) in [6.07, 6.45) is 4.01. The van der Waals surface area contributed by atoms with Gasteiger partial charge in [0.05, 0.1) is 13.2 Å². The SMILES string of the molecule is COc1ccc(C(=O)NCC(c2ccccc2)N2CCCC2)cc1S(=O)(=O)N1CCCC1. The quantitative estimate of drug-likeness (QED) is 0.659. The predicted octanol–water partition coefficient (Wildman–Crippen LogP) is 3.05. The molecule has 1 N–H and O–H groups in total. The van der Waals surface area contributed by atoms with Gasteiger partial charge in [-0.25, -0.2) is 8.42 Å². The zero-order chi connectivity index (χ0) is 22.6. The lowest BCUT2D eigenvalue weighted by atomic mass is 10.1. The molecular weight excluding hydrogens is 426 g/mol. The van der Waals surface area contributed by atoms with Gasteiger partial charge in [0.15, 0.2) is 0 Å². The molecule has 0 aliphatic carbocycles. The molecule has 0 radical (unpaired) electrons. The third kappa shape index (κ3) is 4.82. The van der Waals surface area contributed by atoms with Crippen molar-refractivity contribution in [3.63, 3.8) is 0 Å². The molecule has 2 saturated heterocycles. The van der Waals surface area contributed by atoms with Crippen LogP contribution in [0.15, 0.2) is 53.4 Å². The molecule has 0 spiro atoms. The van der Waals surface area contributed by atoms with Gasteiger partial charge in [0.2, 0.25) is 10.0 Å². The van der Waals surface area contributed by atoms with Crippen molar-refractivity contribution in [1.29, 1.82) is 0 Å². The van der Waals surface area contributed by atoms with E-state index in [1.165, 1.54) is 23.0 Å². The number of benzene rings is 2. The summed E-state index contributed by atoms with van der Waals surface area (Å²) in [5.74, 6) is -0.0293. The normalized spacial score (nSPS) is 18.5. The van der Waals surface area contributed by atoms with E-state index in [2.05, 4.69) is 22.3 Å². The van der Waals surface area contributed by atoms with Crippen LogP contribution in [-0.2, 0) is 10.0 Å². The number of sulfonamides is 1. The summed E-state index contributed by atoms with van der Waals surface area (Å²) < 4.78 is 33.0. The number of hydrogen-bond acceptors (Lipinski definition) is 5. The van der Waals surface area contributed by atoms with E-state index in [4.69, 9.17) is 4.74 Å². The number of nitrogens with zero attached hydrogens (tertiary/aromatic N) is 2. The Balaban J connectivity index is 1.54. The number of rotatable bonds is 8. The molecule has 8 heteroatoms. The summed E-state index contributed by atoms with van der Waals surface area (Å²) in [6.45, 7) is 3.47. The van der Waals surface area contributed by atoms with Crippen molar-refractivity contribution >= 4 is 15.9 Å². The number of hydrogen-bond donors (Lipinski definition) is 1. The molecule has 0 aromatic heterocycles. The van der Waals surface area contributed by atoms with Gasteiger partial charge in [-0.15, -0.1) is 0 Å². The third-order valence-corrected chi connectivity index (χ3v) is 8.25. The van der Waals surface area contributed by atoms with Crippen LogP contribution in [0.4, 0.5) is 0 Å². The lowest BCUT2D eigenvalue weighted by molar-refractivity contribution is 0.0937. The smallest absolute Gasteiger partial charge is 0.251 e. The van der Waals surface area contributed by atoms with E-state index in [1.54, 1.807) is 12.1 Å². The first-order chi connectivity index (χ1) is 15.5. The zero-order valence-electron chi connectivity index (χ0n) is 18.5. The summed E-state index contributed by atoms with van der Waals surface area (Å²) in [6, 6.07) is 14.9. The molecule has 1 amide bonds. The summed E-state index contributed by atoms with van der Waals surface area (Å²) in [5, 5.41) is 3.03. The zero-order valence-corrected chi connectivity index (χ0v) is 19.3. The second kappa shape index (κ2) is 10.0. The number of amides is 1. The molecular formula is C24H31N3O4S. The van der Waals surface area contributed by atoms with Gasteiger partial charge in [-0.05, 0) is 62.5 Å². The highest BCUT2D eigenvalue weighted by Crippen LogP contribution is 2.30. The highest BCUT2D eigenvalue weighted by molar-refractivity contribution is 7.89. The van der Waals surface area contributed by atoms with Gasteiger partial charge in [-0.3, -0.25) is 9.69 Å². The molecule has 4 rings (SSSR count). The molecule has 0 saturated carbocycles. The molecule has 32 heavy (non-hydrogen) atoms. The second-order valence-corrected chi connectivity index (χ2v) is 10.3. The molecule has 172 valence electrons. The minimum atomic E-state index is -3.70. The molecule has 2 fully saturated rings. The molecule has 2 aliphatic rings. The van der Waals surface area contributed by atoms with Gasteiger partial charge in [0, 0.05) is 25.2 Å². The first kappa shape index (κ1) is 22.8. The fourth-order valence-electron chi connectivity index (χ4n) is 4.56. The van der Waals surface area contributed by atoms with Crippen molar-refractivity contribution < 1.29 is 17.9 Å². The van der Waals surface area contributed by atoms with Gasteiger partial charge >= 0.3 is 0 Å². The van der Waals surface area contributed by atoms with E-state index < -0.39 is 10.0 Å². The van der Waals surface area contributed by atoms with Crippen LogP contribution in [0.1, 0.15) is 47.6 Å². The second-order valence-electron chi connectivity index (χ2n) is 8.36. The monoisotopic (exact) mass is 457 g/mol. The summed E-state index contributed by atoms with van der Waals surface area (Å²) in [4.78, 5) is 15.5. The molecule has 2 heterocycles. The number of carbonyl (C=O) groups is 1. The molecule has 2 aliphatic heterocycles. The average Bonchev–Trinajstić information content (AvgIpc) is 3.54. The van der Waals surface area contributed by atoms with Gasteiger partial charge < -0.3 is 10.1 Å². The van der Waals surface area contributed by atoms with Crippen molar-refractivity contribution in [2.24, 2.45) is 0 Å². The number of likely N-dealkylation sites (tertiary alicyclic amines) is 1. The summed E-state index contributed by atoms with van der Waals surface area (Å²) in [5.41, 5.74) is 1.48. The van der Waals surface area contributed by atoms with E-state index in [0.29, 0.717) is 25.2 Å². The lowest BCUT2D eigenvalue weighted by Gasteiger charge is -2.28. The van der Waals surface area contributed by atoms with E-state index in [1.807, 2.05) is 18.2 Å². The minimum absolute atomic E-state index is 0.0497. The van der Waals surface area contributed by atoms with E-state index in [-0.39, 0.29) is 22.6 Å². The number of methoxy groups -OCH3 is 1. The Bertz CT molecular complexity index is 1030. The largest absolute Gasteiger partial charge is 0.495 e. The van der Waals surface area contributed by atoms with Crippen molar-refractivity contribution in [3.05, 3.63) is 59.7 Å². The molecule has 0 bridgehead atoms. The van der Waals surface area contributed by atoms with Gasteiger partial charge in [-0.2, -0.15) is 4.31 Å². The first-order valence-corrected chi connectivity index (χ1v) is 12.7. The molecule has 2 aromatic carbocycles. The molecule has 7 nitrogen and oxygen atoms in total. The Hall–Kier alpha value is -2.42. The highest BCUT2D eigenvalue weighted by atomic mass is 32.2. The number of ether oxygens (including phenoxy) is 1. The van der Waals surface area contributed by atoms with Crippen LogP contribution >= 0.6 is 0 Å². The van der Waals surface area contributed by atoms with Crippen LogP contribution in [-0.4, -0.2) is 63.4 Å². The Morgan fingerprint density at radius 2 is 1.66 bits per heavy atom. The predicted molar refractivity (Wildman–Crippen MR) is 123 cm³/mol. The highest BCUT2D eigenvalue weighted by Gasteiger charge is 2.31. The van der Waals surface area contributed by atoms with Crippen LogP contribution in [0.5, 0.6) is 5.75 Å². The number of nitrogens with one attached hydrogen (secondary N) is 1. The first-order valence-electron chi connectivity index (χ1n) is 11.3. The maximum Gasteiger partial charge on any atom is 0.251 e. The van der Waals surface area contributed by atoms with Gasteiger partial charge in [0.25, 0.3) is 5.91 Å². The Morgan fingerprint density at radius 1 is 1.00 bits per heavy atom. The minimum Gasteiger partial charge on any atom is -0.495 e. The van der Waals surface area contributed by atoms with E-state index in [0.717, 1.165) is 38.8 Å². The Morgan fingerprint density at radius 3 is 2.31 bits per heavy atom. The topological polar surface area (TPSA) is 79.0 Å².